The molecule has 18 heavy (non-hydrogen) atoms. The summed E-state index contributed by atoms with van der Waals surface area (Å²) in [6.45, 7) is 3.20. The normalized spacial score (nSPS) is 10.2. The van der Waals surface area contributed by atoms with Gasteiger partial charge in [0.25, 0.3) is 5.91 Å². The highest BCUT2D eigenvalue weighted by Gasteiger charge is 2.18. The molecule has 3 nitrogen and oxygen atoms in total. The van der Waals surface area contributed by atoms with Crippen LogP contribution in [0.15, 0.2) is 18.2 Å². The lowest BCUT2D eigenvalue weighted by molar-refractivity contribution is 0.0761. The van der Waals surface area contributed by atoms with E-state index in [-0.39, 0.29) is 5.91 Å². The standard InChI is InChI=1S/C13H17Cl2NO2/c1-3-16(8-4-7-14)13(17)11-9-10(15)5-6-12(11)18-2/h5-6,9H,3-4,7-8H2,1-2H3. The molecule has 0 spiro atoms. The van der Waals surface area contributed by atoms with Crippen LogP contribution in [-0.4, -0.2) is 36.9 Å². The number of ether oxygens (including phenoxy) is 1. The number of carbonyl (C=O) groups is 1. The monoisotopic (exact) mass is 289 g/mol. The summed E-state index contributed by atoms with van der Waals surface area (Å²) in [5.41, 5.74) is 0.487. The predicted molar refractivity (Wildman–Crippen MR) is 74.9 cm³/mol. The van der Waals surface area contributed by atoms with E-state index < -0.39 is 0 Å². The number of halogens is 2. The lowest BCUT2D eigenvalue weighted by atomic mass is 10.1. The Morgan fingerprint density at radius 1 is 1.44 bits per heavy atom. The molecule has 0 saturated carbocycles. The molecular weight excluding hydrogens is 273 g/mol. The maximum absolute atomic E-state index is 12.4. The third-order valence-corrected chi connectivity index (χ3v) is 3.12. The van der Waals surface area contributed by atoms with Crippen LogP contribution in [0.25, 0.3) is 0 Å². The van der Waals surface area contributed by atoms with Crippen LogP contribution in [0.4, 0.5) is 0 Å². The number of benzene rings is 1. The quantitative estimate of drug-likeness (QED) is 0.751. The van der Waals surface area contributed by atoms with Gasteiger partial charge in [-0.25, -0.2) is 0 Å². The Hall–Kier alpha value is -0.930. The number of hydrogen-bond acceptors (Lipinski definition) is 2. The van der Waals surface area contributed by atoms with Crippen molar-refractivity contribution in [2.75, 3.05) is 26.1 Å². The van der Waals surface area contributed by atoms with Crippen molar-refractivity contribution in [3.8, 4) is 5.75 Å². The minimum Gasteiger partial charge on any atom is -0.496 e. The first kappa shape index (κ1) is 15.1. The zero-order chi connectivity index (χ0) is 13.5. The molecule has 0 N–H and O–H groups in total. The molecule has 0 unspecified atom stereocenters. The number of nitrogens with zero attached hydrogens (tertiary/aromatic N) is 1. The van der Waals surface area contributed by atoms with Crippen LogP contribution in [0.5, 0.6) is 5.75 Å². The van der Waals surface area contributed by atoms with E-state index in [1.165, 1.54) is 7.11 Å². The molecule has 0 atom stereocenters. The van der Waals surface area contributed by atoms with Crippen LogP contribution in [0.3, 0.4) is 0 Å². The number of alkyl halides is 1. The zero-order valence-electron chi connectivity index (χ0n) is 10.6. The summed E-state index contributed by atoms with van der Waals surface area (Å²) < 4.78 is 5.19. The molecule has 1 amide bonds. The SMILES string of the molecule is CCN(CCCCl)C(=O)c1cc(Cl)ccc1OC. The third kappa shape index (κ3) is 3.79. The van der Waals surface area contributed by atoms with E-state index in [1.54, 1.807) is 23.1 Å². The molecule has 0 aliphatic rings. The second-order valence-corrected chi connectivity index (χ2v) is 4.59. The van der Waals surface area contributed by atoms with Crippen molar-refractivity contribution >= 4 is 29.1 Å². The summed E-state index contributed by atoms with van der Waals surface area (Å²) in [5.74, 6) is 0.992. The number of amides is 1. The summed E-state index contributed by atoms with van der Waals surface area (Å²) in [7, 11) is 1.54. The number of carbonyl (C=O) groups excluding carboxylic acids is 1. The smallest absolute Gasteiger partial charge is 0.257 e. The van der Waals surface area contributed by atoms with Crippen LogP contribution in [0.1, 0.15) is 23.7 Å². The molecule has 0 aromatic heterocycles. The molecule has 0 aliphatic heterocycles. The van der Waals surface area contributed by atoms with E-state index >= 15 is 0 Å². The van der Waals surface area contributed by atoms with E-state index in [0.29, 0.717) is 35.3 Å². The molecule has 1 aromatic rings. The van der Waals surface area contributed by atoms with Crippen molar-refractivity contribution in [3.63, 3.8) is 0 Å². The van der Waals surface area contributed by atoms with E-state index in [0.717, 1.165) is 6.42 Å². The summed E-state index contributed by atoms with van der Waals surface area (Å²) >= 11 is 11.6. The first-order valence-corrected chi connectivity index (χ1v) is 6.74. The van der Waals surface area contributed by atoms with Gasteiger partial charge in [0.1, 0.15) is 5.75 Å². The summed E-state index contributed by atoms with van der Waals surface area (Å²) in [5, 5.41) is 0.521. The second-order valence-electron chi connectivity index (χ2n) is 3.77. The van der Waals surface area contributed by atoms with Gasteiger partial charge in [-0.2, -0.15) is 0 Å². The number of methoxy groups -OCH3 is 1. The molecule has 0 radical (unpaired) electrons. The van der Waals surface area contributed by atoms with Gasteiger partial charge in [-0.05, 0) is 31.5 Å². The number of hydrogen-bond donors (Lipinski definition) is 0. The maximum Gasteiger partial charge on any atom is 0.257 e. The average molecular weight is 290 g/mol. The molecule has 0 fully saturated rings. The summed E-state index contributed by atoms with van der Waals surface area (Å²) in [6.07, 6.45) is 0.768. The maximum atomic E-state index is 12.4. The lowest BCUT2D eigenvalue weighted by Crippen LogP contribution is -2.32. The van der Waals surface area contributed by atoms with Crippen molar-refractivity contribution < 1.29 is 9.53 Å². The van der Waals surface area contributed by atoms with Crippen molar-refractivity contribution in [2.45, 2.75) is 13.3 Å². The Bertz CT molecular complexity index is 410. The third-order valence-electron chi connectivity index (χ3n) is 2.62. The van der Waals surface area contributed by atoms with E-state index in [2.05, 4.69) is 0 Å². The molecule has 0 aliphatic carbocycles. The Morgan fingerprint density at radius 2 is 2.17 bits per heavy atom. The van der Waals surface area contributed by atoms with Crippen LogP contribution >= 0.6 is 23.2 Å². The largest absolute Gasteiger partial charge is 0.496 e. The van der Waals surface area contributed by atoms with Crippen molar-refractivity contribution in [1.29, 1.82) is 0 Å². The topological polar surface area (TPSA) is 29.5 Å². The van der Waals surface area contributed by atoms with Gasteiger partial charge in [0.15, 0.2) is 0 Å². The van der Waals surface area contributed by atoms with Crippen LogP contribution in [0.2, 0.25) is 5.02 Å². The summed E-state index contributed by atoms with van der Waals surface area (Å²) in [4.78, 5) is 14.1. The van der Waals surface area contributed by atoms with Crippen molar-refractivity contribution in [3.05, 3.63) is 28.8 Å². The molecule has 5 heteroatoms. The highest BCUT2D eigenvalue weighted by atomic mass is 35.5. The predicted octanol–water partition coefficient (Wildman–Crippen LogP) is 3.44. The molecule has 1 aromatic carbocycles. The average Bonchev–Trinajstić information content (AvgIpc) is 2.39. The van der Waals surface area contributed by atoms with Gasteiger partial charge in [0.2, 0.25) is 0 Å². The van der Waals surface area contributed by atoms with Gasteiger partial charge < -0.3 is 9.64 Å². The van der Waals surface area contributed by atoms with Gasteiger partial charge in [-0.15, -0.1) is 11.6 Å². The molecule has 1 rings (SSSR count). The van der Waals surface area contributed by atoms with Gasteiger partial charge >= 0.3 is 0 Å². The Morgan fingerprint density at radius 3 is 2.72 bits per heavy atom. The minimum atomic E-state index is -0.0815. The molecule has 0 heterocycles. The van der Waals surface area contributed by atoms with Crippen LogP contribution in [-0.2, 0) is 0 Å². The lowest BCUT2D eigenvalue weighted by Gasteiger charge is -2.21. The van der Waals surface area contributed by atoms with Gasteiger partial charge in [0, 0.05) is 24.0 Å². The van der Waals surface area contributed by atoms with Gasteiger partial charge in [0.05, 0.1) is 12.7 Å². The van der Waals surface area contributed by atoms with Crippen molar-refractivity contribution in [2.24, 2.45) is 0 Å². The van der Waals surface area contributed by atoms with Crippen LogP contribution in [0, 0.1) is 0 Å². The number of rotatable bonds is 6. The van der Waals surface area contributed by atoms with Crippen molar-refractivity contribution in [1.82, 2.24) is 4.90 Å². The van der Waals surface area contributed by atoms with E-state index in [1.807, 2.05) is 6.92 Å². The van der Waals surface area contributed by atoms with E-state index in [9.17, 15) is 4.79 Å². The van der Waals surface area contributed by atoms with E-state index in [4.69, 9.17) is 27.9 Å². The molecule has 0 bridgehead atoms. The fourth-order valence-electron chi connectivity index (χ4n) is 1.67. The molecule has 0 saturated heterocycles. The summed E-state index contributed by atoms with van der Waals surface area (Å²) in [6, 6.07) is 5.03. The Balaban J connectivity index is 2.96. The first-order valence-electron chi connectivity index (χ1n) is 5.82. The highest BCUT2D eigenvalue weighted by molar-refractivity contribution is 6.31. The highest BCUT2D eigenvalue weighted by Crippen LogP contribution is 2.24. The molecule has 100 valence electrons. The van der Waals surface area contributed by atoms with Gasteiger partial charge in [-0.1, -0.05) is 11.6 Å². The fourth-order valence-corrected chi connectivity index (χ4v) is 1.96. The zero-order valence-corrected chi connectivity index (χ0v) is 12.1. The van der Waals surface area contributed by atoms with Gasteiger partial charge in [-0.3, -0.25) is 4.79 Å². The Kier molecular flexibility index (Phi) is 6.30. The second kappa shape index (κ2) is 7.49. The fraction of sp³-hybridized carbons (Fsp3) is 0.462. The molecular formula is C13H17Cl2NO2. The minimum absolute atomic E-state index is 0.0815. The Labute approximate surface area is 118 Å². The first-order chi connectivity index (χ1) is 8.63. The van der Waals surface area contributed by atoms with Crippen LogP contribution < -0.4 is 4.74 Å².